The Balaban J connectivity index is 3.16. The molecule has 0 atom stereocenters. The van der Waals surface area contributed by atoms with Crippen LogP contribution in [0.3, 0.4) is 0 Å². The van der Waals surface area contributed by atoms with E-state index in [9.17, 15) is 13.2 Å². The van der Waals surface area contributed by atoms with E-state index in [2.05, 4.69) is 9.72 Å². The average molecular weight is 245 g/mol. The third-order valence-electron chi connectivity index (χ3n) is 2.14. The second-order valence-electron chi connectivity index (χ2n) is 3.28. The smallest absolute Gasteiger partial charge is 0.388 e. The SMILES string of the molecule is Cc1c(CC#N)cc(OC(F)(F)F)nc1CN. The standard InChI is InChI=1S/C10H10F3N3O/c1-6-7(2-3-14)4-9(16-8(6)5-15)17-10(11,12)13/h4H,2,5,15H2,1H3. The van der Waals surface area contributed by atoms with Gasteiger partial charge in [-0.1, -0.05) is 0 Å². The number of nitriles is 1. The molecule has 17 heavy (non-hydrogen) atoms. The highest BCUT2D eigenvalue weighted by Crippen LogP contribution is 2.24. The van der Waals surface area contributed by atoms with Crippen LogP contribution < -0.4 is 10.5 Å². The van der Waals surface area contributed by atoms with Crippen LogP contribution in [0.25, 0.3) is 0 Å². The molecule has 92 valence electrons. The van der Waals surface area contributed by atoms with Crippen molar-refractivity contribution in [1.82, 2.24) is 4.98 Å². The summed E-state index contributed by atoms with van der Waals surface area (Å²) in [7, 11) is 0. The quantitative estimate of drug-likeness (QED) is 0.881. The van der Waals surface area contributed by atoms with Gasteiger partial charge in [0.15, 0.2) is 0 Å². The lowest BCUT2D eigenvalue weighted by Crippen LogP contribution is -2.19. The molecule has 1 aromatic heterocycles. The maximum atomic E-state index is 12.0. The van der Waals surface area contributed by atoms with Crippen LogP contribution in [0.1, 0.15) is 16.8 Å². The predicted molar refractivity (Wildman–Crippen MR) is 52.9 cm³/mol. The Kier molecular flexibility index (Phi) is 3.91. The van der Waals surface area contributed by atoms with Gasteiger partial charge in [0.1, 0.15) is 0 Å². The monoisotopic (exact) mass is 245 g/mol. The van der Waals surface area contributed by atoms with Crippen molar-refractivity contribution in [2.24, 2.45) is 5.73 Å². The lowest BCUT2D eigenvalue weighted by Gasteiger charge is -2.12. The van der Waals surface area contributed by atoms with Gasteiger partial charge in [0.2, 0.25) is 5.88 Å². The number of ether oxygens (including phenoxy) is 1. The normalized spacial score (nSPS) is 11.1. The van der Waals surface area contributed by atoms with Gasteiger partial charge in [-0.2, -0.15) is 5.26 Å². The van der Waals surface area contributed by atoms with Gasteiger partial charge in [0.25, 0.3) is 0 Å². The molecule has 0 fully saturated rings. The Morgan fingerprint density at radius 3 is 2.65 bits per heavy atom. The van der Waals surface area contributed by atoms with Crippen LogP contribution in [0.5, 0.6) is 5.88 Å². The van der Waals surface area contributed by atoms with E-state index in [0.29, 0.717) is 11.1 Å². The molecule has 0 radical (unpaired) electrons. The van der Waals surface area contributed by atoms with Crippen molar-refractivity contribution in [1.29, 1.82) is 5.26 Å². The van der Waals surface area contributed by atoms with Gasteiger partial charge in [-0.05, 0) is 18.1 Å². The predicted octanol–water partition coefficient (Wildman–Crippen LogP) is 1.81. The number of hydrogen-bond acceptors (Lipinski definition) is 4. The first kappa shape index (κ1) is 13.3. The highest BCUT2D eigenvalue weighted by atomic mass is 19.4. The zero-order chi connectivity index (χ0) is 13.1. The van der Waals surface area contributed by atoms with Gasteiger partial charge >= 0.3 is 6.36 Å². The molecule has 0 bridgehead atoms. The Morgan fingerprint density at radius 2 is 2.18 bits per heavy atom. The van der Waals surface area contributed by atoms with Crippen LogP contribution in [0.4, 0.5) is 13.2 Å². The number of nitrogens with zero attached hydrogens (tertiary/aromatic N) is 2. The summed E-state index contributed by atoms with van der Waals surface area (Å²) in [6, 6.07) is 2.96. The molecule has 0 unspecified atom stereocenters. The fraction of sp³-hybridized carbons (Fsp3) is 0.400. The first-order chi connectivity index (χ1) is 7.87. The van der Waals surface area contributed by atoms with E-state index in [1.54, 1.807) is 6.92 Å². The van der Waals surface area contributed by atoms with E-state index in [4.69, 9.17) is 11.0 Å². The molecule has 0 spiro atoms. The summed E-state index contributed by atoms with van der Waals surface area (Å²) >= 11 is 0. The summed E-state index contributed by atoms with van der Waals surface area (Å²) in [4.78, 5) is 3.64. The summed E-state index contributed by atoms with van der Waals surface area (Å²) in [5.41, 5.74) is 6.70. The van der Waals surface area contributed by atoms with Crippen LogP contribution in [-0.2, 0) is 13.0 Å². The minimum absolute atomic E-state index is 0.0146. The number of alkyl halides is 3. The van der Waals surface area contributed by atoms with Gasteiger partial charge in [0.05, 0.1) is 18.2 Å². The molecular weight excluding hydrogens is 235 g/mol. The maximum absolute atomic E-state index is 12.0. The van der Waals surface area contributed by atoms with Crippen molar-refractivity contribution in [3.63, 3.8) is 0 Å². The van der Waals surface area contributed by atoms with Gasteiger partial charge < -0.3 is 10.5 Å². The molecule has 0 aliphatic carbocycles. The summed E-state index contributed by atoms with van der Waals surface area (Å²) in [5.74, 6) is -0.589. The van der Waals surface area contributed by atoms with Crippen molar-refractivity contribution in [2.45, 2.75) is 26.3 Å². The van der Waals surface area contributed by atoms with Crippen molar-refractivity contribution in [3.8, 4) is 11.9 Å². The topological polar surface area (TPSA) is 71.9 Å². The Labute approximate surface area is 95.8 Å². The van der Waals surface area contributed by atoms with Gasteiger partial charge in [-0.3, -0.25) is 0 Å². The largest absolute Gasteiger partial charge is 0.574 e. The third-order valence-corrected chi connectivity index (χ3v) is 2.14. The Morgan fingerprint density at radius 1 is 1.53 bits per heavy atom. The summed E-state index contributed by atoms with van der Waals surface area (Å²) < 4.78 is 39.8. The third kappa shape index (κ3) is 3.60. The minimum Gasteiger partial charge on any atom is -0.388 e. The van der Waals surface area contributed by atoms with Crippen molar-refractivity contribution in [3.05, 3.63) is 22.9 Å². The number of aromatic nitrogens is 1. The summed E-state index contributed by atoms with van der Waals surface area (Å²) in [6.45, 7) is 1.64. The molecule has 4 nitrogen and oxygen atoms in total. The molecule has 1 rings (SSSR count). The molecule has 2 N–H and O–H groups in total. The number of nitrogens with two attached hydrogens (primary N) is 1. The van der Waals surface area contributed by atoms with Crippen molar-refractivity contribution >= 4 is 0 Å². The summed E-state index contributed by atoms with van der Waals surface area (Å²) in [6.07, 6.45) is -4.83. The zero-order valence-electron chi connectivity index (χ0n) is 9.01. The minimum atomic E-state index is -4.81. The molecule has 0 saturated carbocycles. The Bertz CT molecular complexity index is 451. The van der Waals surface area contributed by atoms with Crippen molar-refractivity contribution < 1.29 is 17.9 Å². The fourth-order valence-electron chi connectivity index (χ4n) is 1.33. The first-order valence-electron chi connectivity index (χ1n) is 4.69. The molecule has 1 aromatic rings. The molecule has 0 saturated heterocycles. The van der Waals surface area contributed by atoms with Crippen LogP contribution in [0.15, 0.2) is 6.07 Å². The van der Waals surface area contributed by atoms with Gasteiger partial charge in [-0.15, -0.1) is 13.2 Å². The maximum Gasteiger partial charge on any atom is 0.574 e. The van der Waals surface area contributed by atoms with E-state index >= 15 is 0 Å². The fourth-order valence-corrected chi connectivity index (χ4v) is 1.33. The van der Waals surface area contributed by atoms with Gasteiger partial charge in [-0.25, -0.2) is 4.98 Å². The number of halogens is 3. The number of hydrogen-bond donors (Lipinski definition) is 1. The van der Waals surface area contributed by atoms with Crippen LogP contribution in [-0.4, -0.2) is 11.3 Å². The van der Waals surface area contributed by atoms with Crippen molar-refractivity contribution in [2.75, 3.05) is 0 Å². The summed E-state index contributed by atoms with van der Waals surface area (Å²) in [5, 5.41) is 8.57. The number of pyridine rings is 1. The second kappa shape index (κ2) is 5.01. The molecule has 0 aromatic carbocycles. The van der Waals surface area contributed by atoms with E-state index in [1.807, 2.05) is 6.07 Å². The first-order valence-corrected chi connectivity index (χ1v) is 4.69. The van der Waals surface area contributed by atoms with Crippen LogP contribution in [0, 0.1) is 18.3 Å². The molecule has 0 amide bonds. The number of rotatable bonds is 3. The highest BCUT2D eigenvalue weighted by molar-refractivity contribution is 5.35. The molecular formula is C10H10F3N3O. The lowest BCUT2D eigenvalue weighted by molar-refractivity contribution is -0.276. The molecule has 7 heteroatoms. The van der Waals surface area contributed by atoms with Gasteiger partial charge in [0, 0.05) is 12.6 Å². The Hall–Kier alpha value is -1.81. The highest BCUT2D eigenvalue weighted by Gasteiger charge is 2.32. The van der Waals surface area contributed by atoms with E-state index < -0.39 is 12.2 Å². The lowest BCUT2D eigenvalue weighted by atomic mass is 10.1. The molecule has 0 aliphatic heterocycles. The van der Waals surface area contributed by atoms with Crippen LogP contribution in [0.2, 0.25) is 0 Å². The van der Waals surface area contributed by atoms with E-state index in [1.165, 1.54) is 0 Å². The van der Waals surface area contributed by atoms with Crippen LogP contribution >= 0.6 is 0 Å². The average Bonchev–Trinajstić information content (AvgIpc) is 2.20. The van der Waals surface area contributed by atoms with E-state index in [0.717, 1.165) is 6.07 Å². The zero-order valence-corrected chi connectivity index (χ0v) is 9.01. The molecule has 1 heterocycles. The second-order valence-corrected chi connectivity index (χ2v) is 3.28. The molecule has 0 aliphatic rings. The van der Waals surface area contributed by atoms with E-state index in [-0.39, 0.29) is 18.7 Å².